The van der Waals surface area contributed by atoms with E-state index in [4.69, 9.17) is 0 Å². The van der Waals surface area contributed by atoms with Gasteiger partial charge >= 0.3 is 0 Å². The second-order valence-corrected chi connectivity index (χ2v) is 8.72. The third-order valence-electron chi connectivity index (χ3n) is 6.14. The number of fused-ring (bicyclic) bond motifs is 1. The van der Waals surface area contributed by atoms with Crippen LogP contribution in [0.25, 0.3) is 0 Å². The Kier molecular flexibility index (Phi) is 6.28. The summed E-state index contributed by atoms with van der Waals surface area (Å²) in [5.74, 6) is -0.260. The van der Waals surface area contributed by atoms with Crippen LogP contribution in [0.5, 0.6) is 0 Å². The fourth-order valence-corrected chi connectivity index (χ4v) is 4.07. The number of likely N-dealkylation sites (N-methyl/N-ethyl adjacent to an activating group) is 2. The van der Waals surface area contributed by atoms with E-state index >= 15 is 0 Å². The van der Waals surface area contributed by atoms with E-state index in [0.717, 1.165) is 24.0 Å². The van der Waals surface area contributed by atoms with E-state index in [1.807, 2.05) is 38.2 Å². The van der Waals surface area contributed by atoms with Gasteiger partial charge in [0.2, 0.25) is 11.8 Å². The maximum atomic E-state index is 13.4. The van der Waals surface area contributed by atoms with Crippen LogP contribution in [-0.4, -0.2) is 49.8 Å². The molecule has 2 aromatic rings. The highest BCUT2D eigenvalue weighted by molar-refractivity contribution is 6.07. The molecule has 0 saturated heterocycles. The van der Waals surface area contributed by atoms with Gasteiger partial charge in [-0.05, 0) is 50.6 Å². The van der Waals surface area contributed by atoms with Crippen molar-refractivity contribution in [1.82, 2.24) is 10.2 Å². The third kappa shape index (κ3) is 4.53. The molecule has 7 nitrogen and oxygen atoms in total. The summed E-state index contributed by atoms with van der Waals surface area (Å²) in [6.07, 6.45) is 1.92. The summed E-state index contributed by atoms with van der Waals surface area (Å²) in [6.45, 7) is 3.27. The van der Waals surface area contributed by atoms with E-state index in [1.165, 1.54) is 0 Å². The highest BCUT2D eigenvalue weighted by Crippen LogP contribution is 2.43. The number of rotatable bonds is 6. The van der Waals surface area contributed by atoms with Gasteiger partial charge in [-0.1, -0.05) is 29.8 Å². The molecule has 1 saturated carbocycles. The van der Waals surface area contributed by atoms with Crippen molar-refractivity contribution < 1.29 is 14.4 Å². The lowest BCUT2D eigenvalue weighted by atomic mass is 9.99. The Morgan fingerprint density at radius 3 is 2.53 bits per heavy atom. The lowest BCUT2D eigenvalue weighted by Crippen LogP contribution is -2.36. The summed E-state index contributed by atoms with van der Waals surface area (Å²) in [4.78, 5) is 42.5. The molecule has 3 amide bonds. The Morgan fingerprint density at radius 1 is 1.16 bits per heavy atom. The van der Waals surface area contributed by atoms with Gasteiger partial charge in [-0.3, -0.25) is 14.4 Å². The first-order valence-corrected chi connectivity index (χ1v) is 11.1. The largest absolute Gasteiger partial charge is 0.340 e. The van der Waals surface area contributed by atoms with Crippen LogP contribution in [0.2, 0.25) is 0 Å². The van der Waals surface area contributed by atoms with E-state index in [-0.39, 0.29) is 36.1 Å². The van der Waals surface area contributed by atoms with Gasteiger partial charge in [-0.2, -0.15) is 0 Å². The molecule has 2 aliphatic rings. The molecule has 1 heterocycles. The lowest BCUT2D eigenvalue weighted by molar-refractivity contribution is -0.120. The van der Waals surface area contributed by atoms with Gasteiger partial charge in [0.05, 0.1) is 23.8 Å². The van der Waals surface area contributed by atoms with Gasteiger partial charge in [-0.25, -0.2) is 0 Å². The highest BCUT2D eigenvalue weighted by Gasteiger charge is 2.40. The summed E-state index contributed by atoms with van der Waals surface area (Å²) in [7, 11) is 3.59. The third-order valence-corrected chi connectivity index (χ3v) is 6.14. The number of nitrogens with one attached hydrogen (secondary N) is 2. The van der Waals surface area contributed by atoms with Crippen molar-refractivity contribution in [2.24, 2.45) is 5.92 Å². The first kappa shape index (κ1) is 22.0. The predicted molar refractivity (Wildman–Crippen MR) is 125 cm³/mol. The predicted octanol–water partition coefficient (Wildman–Crippen LogP) is 3.11. The summed E-state index contributed by atoms with van der Waals surface area (Å²) < 4.78 is 0. The fraction of sp³-hybridized carbons (Fsp3) is 0.400. The first-order valence-electron chi connectivity index (χ1n) is 11.1. The van der Waals surface area contributed by atoms with Crippen LogP contribution in [0.1, 0.15) is 46.8 Å². The zero-order valence-electron chi connectivity index (χ0n) is 18.9. The summed E-state index contributed by atoms with van der Waals surface area (Å²) in [5, 5.41) is 5.97. The van der Waals surface area contributed by atoms with Crippen molar-refractivity contribution in [3.63, 3.8) is 0 Å². The van der Waals surface area contributed by atoms with E-state index in [9.17, 15) is 14.4 Å². The molecule has 1 aliphatic carbocycles. The minimum atomic E-state index is -0.384. The number of anilines is 2. The minimum Gasteiger partial charge on any atom is -0.340 e. The van der Waals surface area contributed by atoms with Crippen LogP contribution in [-0.2, 0) is 9.59 Å². The number of aryl methyl sites for hydroxylation is 1. The van der Waals surface area contributed by atoms with E-state index in [0.29, 0.717) is 30.0 Å². The van der Waals surface area contributed by atoms with Gasteiger partial charge < -0.3 is 20.4 Å². The molecule has 2 N–H and O–H groups in total. The quantitative estimate of drug-likeness (QED) is 0.732. The van der Waals surface area contributed by atoms with E-state index in [2.05, 4.69) is 10.6 Å². The van der Waals surface area contributed by atoms with Gasteiger partial charge in [-0.15, -0.1) is 0 Å². The highest BCUT2D eigenvalue weighted by atomic mass is 16.2. The van der Waals surface area contributed by atoms with Crippen molar-refractivity contribution in [3.05, 3.63) is 59.2 Å². The molecule has 1 fully saturated rings. The van der Waals surface area contributed by atoms with Gasteiger partial charge in [0.15, 0.2) is 0 Å². The van der Waals surface area contributed by atoms with Gasteiger partial charge in [0, 0.05) is 31.6 Å². The number of benzene rings is 2. The first-order chi connectivity index (χ1) is 15.4. The van der Waals surface area contributed by atoms with Gasteiger partial charge in [0.1, 0.15) is 0 Å². The molecule has 0 spiro atoms. The molecule has 168 valence electrons. The molecule has 1 aliphatic heterocycles. The second-order valence-electron chi connectivity index (χ2n) is 8.72. The van der Waals surface area contributed by atoms with Crippen molar-refractivity contribution in [2.75, 3.05) is 37.4 Å². The van der Waals surface area contributed by atoms with Crippen LogP contribution < -0.4 is 15.5 Å². The van der Waals surface area contributed by atoms with Crippen molar-refractivity contribution >= 4 is 29.1 Å². The maximum absolute atomic E-state index is 13.4. The molecule has 0 radical (unpaired) electrons. The normalized spacial score (nSPS) is 17.9. The molecule has 1 atom stereocenters. The topological polar surface area (TPSA) is 81.8 Å². The average Bonchev–Trinajstić information content (AvgIpc) is 3.63. The molecular formula is C25H30N4O3. The smallest absolute Gasteiger partial charge is 0.253 e. The Morgan fingerprint density at radius 2 is 1.88 bits per heavy atom. The Balaban J connectivity index is 1.74. The number of hydrogen-bond donors (Lipinski definition) is 2. The van der Waals surface area contributed by atoms with Crippen LogP contribution >= 0.6 is 0 Å². The molecule has 2 aromatic carbocycles. The zero-order chi connectivity index (χ0) is 22.8. The monoisotopic (exact) mass is 434 g/mol. The molecule has 0 aromatic heterocycles. The molecule has 0 bridgehead atoms. The van der Waals surface area contributed by atoms with Crippen molar-refractivity contribution in [3.8, 4) is 0 Å². The average molecular weight is 435 g/mol. The standard InChI is InChI=1S/C25H30N4O3/c1-16-4-6-17(7-5-16)22-15-23(30)27-20-14-19(24(31)28(3)13-12-26-2)10-11-21(20)29(22)25(32)18-8-9-18/h4-7,10-11,14,18,22,26H,8-9,12-13,15H2,1-3H3,(H,27,30). The zero-order valence-corrected chi connectivity index (χ0v) is 18.9. The number of carbonyl (C=O) groups is 3. The Labute approximate surface area is 188 Å². The van der Waals surface area contributed by atoms with Crippen LogP contribution in [0.15, 0.2) is 42.5 Å². The molecular weight excluding hydrogens is 404 g/mol. The van der Waals surface area contributed by atoms with Crippen molar-refractivity contribution in [2.45, 2.75) is 32.2 Å². The number of hydrogen-bond acceptors (Lipinski definition) is 4. The van der Waals surface area contributed by atoms with Crippen LogP contribution in [0, 0.1) is 12.8 Å². The molecule has 7 heteroatoms. The molecule has 4 rings (SSSR count). The summed E-state index contributed by atoms with van der Waals surface area (Å²) in [5.41, 5.74) is 3.69. The number of amides is 3. The SMILES string of the molecule is CNCCN(C)C(=O)c1ccc2c(c1)NC(=O)CC(c1ccc(C)cc1)N2C(=O)C1CC1. The molecule has 1 unspecified atom stereocenters. The fourth-order valence-electron chi connectivity index (χ4n) is 4.07. The van der Waals surface area contributed by atoms with Gasteiger partial charge in [0.25, 0.3) is 5.91 Å². The number of nitrogens with zero attached hydrogens (tertiary/aromatic N) is 2. The maximum Gasteiger partial charge on any atom is 0.253 e. The lowest BCUT2D eigenvalue weighted by Gasteiger charge is -2.31. The molecule has 32 heavy (non-hydrogen) atoms. The summed E-state index contributed by atoms with van der Waals surface area (Å²) in [6, 6.07) is 12.8. The van der Waals surface area contributed by atoms with E-state index in [1.54, 1.807) is 35.0 Å². The van der Waals surface area contributed by atoms with Crippen LogP contribution in [0.4, 0.5) is 11.4 Å². The van der Waals surface area contributed by atoms with Crippen LogP contribution in [0.3, 0.4) is 0 Å². The summed E-state index contributed by atoms with van der Waals surface area (Å²) >= 11 is 0. The minimum absolute atomic E-state index is 0.00186. The Hall–Kier alpha value is -3.19. The Bertz CT molecular complexity index is 1030. The number of carbonyl (C=O) groups excluding carboxylic acids is 3. The van der Waals surface area contributed by atoms with Crippen molar-refractivity contribution in [1.29, 1.82) is 0 Å². The van der Waals surface area contributed by atoms with E-state index < -0.39 is 0 Å². The second kappa shape index (κ2) is 9.12.